The van der Waals surface area contributed by atoms with Crippen molar-refractivity contribution in [3.8, 4) is 0 Å². The molecule has 3 amide bonds. The molecule has 0 unspecified atom stereocenters. The number of hydrogen-bond donors (Lipinski definition) is 1. The molecule has 1 aliphatic heterocycles. The summed E-state index contributed by atoms with van der Waals surface area (Å²) >= 11 is 0. The predicted octanol–water partition coefficient (Wildman–Crippen LogP) is 3.76. The molecule has 0 spiro atoms. The number of anilines is 3. The van der Waals surface area contributed by atoms with Crippen LogP contribution in [0.2, 0.25) is 0 Å². The molecule has 1 aliphatic rings. The molecule has 148 valence electrons. The second-order valence-corrected chi connectivity index (χ2v) is 7.59. The first-order valence-corrected chi connectivity index (χ1v) is 9.59. The van der Waals surface area contributed by atoms with Gasteiger partial charge in [-0.1, -0.05) is 26.0 Å². The summed E-state index contributed by atoms with van der Waals surface area (Å²) in [6.07, 6.45) is 0. The number of carbonyl (C=O) groups is 2. The van der Waals surface area contributed by atoms with Crippen molar-refractivity contribution >= 4 is 29.0 Å². The van der Waals surface area contributed by atoms with Crippen LogP contribution in [0, 0.1) is 0 Å². The smallest absolute Gasteiger partial charge is 0.325 e. The summed E-state index contributed by atoms with van der Waals surface area (Å²) < 4.78 is 0. The van der Waals surface area contributed by atoms with E-state index in [2.05, 4.69) is 31.3 Å². The van der Waals surface area contributed by atoms with E-state index in [9.17, 15) is 9.59 Å². The summed E-state index contributed by atoms with van der Waals surface area (Å²) in [6.45, 7) is 5.46. The maximum absolute atomic E-state index is 12.7. The van der Waals surface area contributed by atoms with Gasteiger partial charge in [-0.05, 0) is 47.9 Å². The van der Waals surface area contributed by atoms with Gasteiger partial charge >= 0.3 is 6.03 Å². The van der Waals surface area contributed by atoms with Crippen LogP contribution in [0.4, 0.5) is 21.9 Å². The summed E-state index contributed by atoms with van der Waals surface area (Å²) in [5.74, 6) is 0.262. The normalized spacial score (nSPS) is 14.0. The van der Waals surface area contributed by atoms with Crippen molar-refractivity contribution < 1.29 is 9.59 Å². The van der Waals surface area contributed by atoms with Crippen molar-refractivity contribution in [2.24, 2.45) is 0 Å². The average molecular weight is 380 g/mol. The van der Waals surface area contributed by atoms with Crippen LogP contribution in [-0.4, -0.2) is 50.6 Å². The molecule has 1 fully saturated rings. The van der Waals surface area contributed by atoms with Crippen LogP contribution < -0.4 is 15.1 Å². The molecule has 6 nitrogen and oxygen atoms in total. The lowest BCUT2D eigenvalue weighted by atomic mass is 10.0. The van der Waals surface area contributed by atoms with Gasteiger partial charge in [-0.3, -0.25) is 9.69 Å². The minimum atomic E-state index is -0.192. The van der Waals surface area contributed by atoms with E-state index >= 15 is 0 Å². The van der Waals surface area contributed by atoms with Gasteiger partial charge in [0.2, 0.25) is 5.91 Å². The van der Waals surface area contributed by atoms with Gasteiger partial charge in [-0.25, -0.2) is 4.79 Å². The van der Waals surface area contributed by atoms with Crippen LogP contribution in [0.5, 0.6) is 0 Å². The summed E-state index contributed by atoms with van der Waals surface area (Å²) in [7, 11) is 3.93. The third-order valence-electron chi connectivity index (χ3n) is 4.97. The van der Waals surface area contributed by atoms with Gasteiger partial charge in [0.15, 0.2) is 0 Å². The Labute approximate surface area is 166 Å². The van der Waals surface area contributed by atoms with Crippen molar-refractivity contribution in [3.63, 3.8) is 0 Å². The summed E-state index contributed by atoms with van der Waals surface area (Å²) in [4.78, 5) is 30.4. The van der Waals surface area contributed by atoms with E-state index in [1.807, 2.05) is 55.4 Å². The lowest BCUT2D eigenvalue weighted by Crippen LogP contribution is -2.37. The van der Waals surface area contributed by atoms with Gasteiger partial charge in [0, 0.05) is 44.2 Å². The molecular formula is C22H28N4O2. The van der Waals surface area contributed by atoms with Crippen molar-refractivity contribution in [2.45, 2.75) is 19.8 Å². The van der Waals surface area contributed by atoms with Crippen LogP contribution in [0.3, 0.4) is 0 Å². The predicted molar refractivity (Wildman–Crippen MR) is 114 cm³/mol. The summed E-state index contributed by atoms with van der Waals surface area (Å²) in [5, 5.41) is 2.86. The Morgan fingerprint density at radius 1 is 1.04 bits per heavy atom. The number of hydrogen-bond acceptors (Lipinski definition) is 3. The molecule has 1 N–H and O–H groups in total. The standard InChI is InChI=1S/C22H28N4O2/c1-16(2)17-5-9-20(10-6-17)26-14-13-25(22(26)28)15-21(27)23-18-7-11-19(12-8-18)24(3)4/h5-12,16H,13-15H2,1-4H3,(H,23,27). The topological polar surface area (TPSA) is 55.9 Å². The number of benzene rings is 2. The third-order valence-corrected chi connectivity index (χ3v) is 4.97. The molecule has 0 aliphatic carbocycles. The Morgan fingerprint density at radius 3 is 2.25 bits per heavy atom. The maximum atomic E-state index is 12.7. The first-order chi connectivity index (χ1) is 13.3. The Kier molecular flexibility index (Phi) is 5.87. The molecule has 28 heavy (non-hydrogen) atoms. The molecule has 0 saturated carbocycles. The fourth-order valence-electron chi connectivity index (χ4n) is 3.22. The third kappa shape index (κ3) is 4.44. The number of carbonyl (C=O) groups excluding carboxylic acids is 2. The highest BCUT2D eigenvalue weighted by Crippen LogP contribution is 2.23. The van der Waals surface area contributed by atoms with Crippen LogP contribution >= 0.6 is 0 Å². The molecule has 1 heterocycles. The van der Waals surface area contributed by atoms with E-state index in [0.29, 0.717) is 19.0 Å². The zero-order chi connectivity index (χ0) is 20.3. The average Bonchev–Trinajstić information content (AvgIpc) is 3.02. The first-order valence-electron chi connectivity index (χ1n) is 9.59. The van der Waals surface area contributed by atoms with Crippen molar-refractivity contribution in [2.75, 3.05) is 48.8 Å². The van der Waals surface area contributed by atoms with E-state index < -0.39 is 0 Å². The molecule has 2 aromatic carbocycles. The molecule has 0 atom stereocenters. The molecule has 6 heteroatoms. The van der Waals surface area contributed by atoms with Gasteiger partial charge in [0.25, 0.3) is 0 Å². The zero-order valence-electron chi connectivity index (χ0n) is 17.0. The SMILES string of the molecule is CC(C)c1ccc(N2CCN(CC(=O)Nc3ccc(N(C)C)cc3)C2=O)cc1. The summed E-state index contributed by atoms with van der Waals surface area (Å²) in [5.41, 5.74) is 3.90. The van der Waals surface area contributed by atoms with Gasteiger partial charge < -0.3 is 15.1 Å². The van der Waals surface area contributed by atoms with Crippen LogP contribution in [0.15, 0.2) is 48.5 Å². The van der Waals surface area contributed by atoms with E-state index in [4.69, 9.17) is 0 Å². The molecule has 0 aromatic heterocycles. The van der Waals surface area contributed by atoms with E-state index in [0.717, 1.165) is 17.1 Å². The van der Waals surface area contributed by atoms with E-state index in [-0.39, 0.29) is 18.5 Å². The van der Waals surface area contributed by atoms with E-state index in [1.54, 1.807) is 9.80 Å². The van der Waals surface area contributed by atoms with Crippen LogP contribution in [0.1, 0.15) is 25.3 Å². The fourth-order valence-corrected chi connectivity index (χ4v) is 3.22. The number of amides is 3. The lowest BCUT2D eigenvalue weighted by molar-refractivity contribution is -0.116. The Morgan fingerprint density at radius 2 is 1.68 bits per heavy atom. The second-order valence-electron chi connectivity index (χ2n) is 7.59. The van der Waals surface area contributed by atoms with Crippen LogP contribution in [0.25, 0.3) is 0 Å². The highest BCUT2D eigenvalue weighted by Gasteiger charge is 2.30. The highest BCUT2D eigenvalue weighted by atomic mass is 16.2. The maximum Gasteiger partial charge on any atom is 0.325 e. The molecule has 0 bridgehead atoms. The van der Waals surface area contributed by atoms with Gasteiger partial charge in [-0.15, -0.1) is 0 Å². The molecule has 0 radical (unpaired) electrons. The van der Waals surface area contributed by atoms with Gasteiger partial charge in [-0.2, -0.15) is 0 Å². The Bertz CT molecular complexity index is 829. The van der Waals surface area contributed by atoms with E-state index in [1.165, 1.54) is 5.56 Å². The minimum Gasteiger partial charge on any atom is -0.378 e. The van der Waals surface area contributed by atoms with Crippen molar-refractivity contribution in [1.29, 1.82) is 0 Å². The van der Waals surface area contributed by atoms with Crippen molar-refractivity contribution in [1.82, 2.24) is 4.90 Å². The zero-order valence-corrected chi connectivity index (χ0v) is 17.0. The monoisotopic (exact) mass is 380 g/mol. The molecule has 1 saturated heterocycles. The second kappa shape index (κ2) is 8.33. The summed E-state index contributed by atoms with van der Waals surface area (Å²) in [6, 6.07) is 15.5. The Balaban J connectivity index is 1.57. The van der Waals surface area contributed by atoms with Crippen molar-refractivity contribution in [3.05, 3.63) is 54.1 Å². The molecule has 3 rings (SSSR count). The quantitative estimate of drug-likeness (QED) is 0.830. The number of urea groups is 1. The number of rotatable bonds is 6. The van der Waals surface area contributed by atoms with Gasteiger partial charge in [0.1, 0.15) is 6.54 Å². The largest absolute Gasteiger partial charge is 0.378 e. The Hall–Kier alpha value is -3.02. The minimum absolute atomic E-state index is 0.0504. The fraction of sp³-hybridized carbons (Fsp3) is 0.364. The molecule has 2 aromatic rings. The lowest BCUT2D eigenvalue weighted by Gasteiger charge is -2.19. The van der Waals surface area contributed by atoms with Crippen LogP contribution in [-0.2, 0) is 4.79 Å². The highest BCUT2D eigenvalue weighted by molar-refractivity contribution is 5.99. The van der Waals surface area contributed by atoms with Gasteiger partial charge in [0.05, 0.1) is 0 Å². The number of nitrogens with zero attached hydrogens (tertiary/aromatic N) is 3. The molecular weight excluding hydrogens is 352 g/mol. The first kappa shape index (κ1) is 19.7. The number of nitrogens with one attached hydrogen (secondary N) is 1.